The van der Waals surface area contributed by atoms with Crippen LogP contribution in [0.2, 0.25) is 0 Å². The third-order valence-electron chi connectivity index (χ3n) is 3.96. The van der Waals surface area contributed by atoms with Gasteiger partial charge >= 0.3 is 5.97 Å². The molecule has 0 aliphatic carbocycles. The van der Waals surface area contributed by atoms with E-state index in [0.29, 0.717) is 29.6 Å². The highest BCUT2D eigenvalue weighted by atomic mass is 32.1. The van der Waals surface area contributed by atoms with Crippen LogP contribution in [0, 0.1) is 6.92 Å². The van der Waals surface area contributed by atoms with Crippen molar-refractivity contribution in [1.29, 1.82) is 0 Å². The molecular formula is C21H22N4O2S. The summed E-state index contributed by atoms with van der Waals surface area (Å²) in [6.45, 7) is 4.89. The SMILES string of the molecule is CCOC(=O)c1ccc(NC(=S)Nc2ccn(Cc3cccc(C)c3)n2)cc1. The minimum atomic E-state index is -0.339. The first-order valence-corrected chi connectivity index (χ1v) is 9.38. The number of esters is 1. The molecule has 7 heteroatoms. The van der Waals surface area contributed by atoms with Crippen molar-refractivity contribution in [2.45, 2.75) is 20.4 Å². The first-order chi connectivity index (χ1) is 13.5. The van der Waals surface area contributed by atoms with E-state index in [2.05, 4.69) is 40.9 Å². The van der Waals surface area contributed by atoms with E-state index >= 15 is 0 Å². The van der Waals surface area contributed by atoms with Crippen molar-refractivity contribution in [3.8, 4) is 0 Å². The van der Waals surface area contributed by atoms with Crippen molar-refractivity contribution in [3.63, 3.8) is 0 Å². The van der Waals surface area contributed by atoms with E-state index in [-0.39, 0.29) is 5.97 Å². The maximum atomic E-state index is 11.7. The summed E-state index contributed by atoms with van der Waals surface area (Å²) in [5.74, 6) is 0.321. The van der Waals surface area contributed by atoms with Gasteiger partial charge < -0.3 is 15.4 Å². The Morgan fingerprint density at radius 2 is 1.93 bits per heavy atom. The quantitative estimate of drug-likeness (QED) is 0.482. The standard InChI is InChI=1S/C21H22N4O2S/c1-3-27-20(26)17-7-9-18(10-8-17)22-21(28)23-19-11-12-25(24-19)14-16-6-4-5-15(2)13-16/h4-13H,3,14H2,1-2H3,(H2,22,23,24,28). The number of hydrogen-bond acceptors (Lipinski definition) is 4. The van der Waals surface area contributed by atoms with Gasteiger partial charge in [0.25, 0.3) is 0 Å². The Hall–Kier alpha value is -3.19. The number of carbonyl (C=O) groups is 1. The molecule has 2 aromatic carbocycles. The van der Waals surface area contributed by atoms with Crippen molar-refractivity contribution < 1.29 is 9.53 Å². The van der Waals surface area contributed by atoms with E-state index in [0.717, 1.165) is 5.69 Å². The Morgan fingerprint density at radius 1 is 1.14 bits per heavy atom. The monoisotopic (exact) mass is 394 g/mol. The van der Waals surface area contributed by atoms with Crippen LogP contribution in [-0.4, -0.2) is 27.5 Å². The second-order valence-electron chi connectivity index (χ2n) is 6.26. The molecule has 3 aromatic rings. The predicted octanol–water partition coefficient (Wildman–Crippen LogP) is 4.23. The molecule has 1 aromatic heterocycles. The summed E-state index contributed by atoms with van der Waals surface area (Å²) in [7, 11) is 0. The predicted molar refractivity (Wildman–Crippen MR) is 115 cm³/mol. The van der Waals surface area contributed by atoms with Gasteiger partial charge in [-0.05, 0) is 55.9 Å². The Bertz CT molecular complexity index is 967. The molecule has 0 spiro atoms. The fraction of sp³-hybridized carbons (Fsp3) is 0.190. The Labute approximate surface area is 169 Å². The first kappa shape index (κ1) is 19.6. The van der Waals surface area contributed by atoms with Gasteiger partial charge in [-0.2, -0.15) is 5.10 Å². The van der Waals surface area contributed by atoms with Gasteiger partial charge in [0.2, 0.25) is 0 Å². The van der Waals surface area contributed by atoms with Gasteiger partial charge in [0.1, 0.15) is 0 Å². The first-order valence-electron chi connectivity index (χ1n) is 8.97. The van der Waals surface area contributed by atoms with Crippen LogP contribution in [0.25, 0.3) is 0 Å². The summed E-state index contributed by atoms with van der Waals surface area (Å²) in [4.78, 5) is 11.7. The lowest BCUT2D eigenvalue weighted by atomic mass is 10.1. The molecule has 0 bridgehead atoms. The minimum Gasteiger partial charge on any atom is -0.462 e. The highest BCUT2D eigenvalue weighted by Gasteiger charge is 2.07. The molecule has 0 saturated heterocycles. The zero-order valence-electron chi connectivity index (χ0n) is 15.8. The summed E-state index contributed by atoms with van der Waals surface area (Å²) in [6, 6.07) is 17.1. The van der Waals surface area contributed by atoms with Gasteiger partial charge in [-0.15, -0.1) is 0 Å². The highest BCUT2D eigenvalue weighted by molar-refractivity contribution is 7.80. The van der Waals surface area contributed by atoms with Crippen molar-refractivity contribution >= 4 is 34.8 Å². The number of carbonyl (C=O) groups excluding carboxylic acids is 1. The van der Waals surface area contributed by atoms with Gasteiger partial charge in [0.05, 0.1) is 18.7 Å². The number of thiocarbonyl (C=S) groups is 1. The van der Waals surface area contributed by atoms with Gasteiger partial charge in [-0.25, -0.2) is 4.79 Å². The van der Waals surface area contributed by atoms with Gasteiger partial charge in [0, 0.05) is 18.0 Å². The minimum absolute atomic E-state index is 0.339. The highest BCUT2D eigenvalue weighted by Crippen LogP contribution is 2.12. The summed E-state index contributed by atoms with van der Waals surface area (Å²) in [5.41, 5.74) is 3.69. The van der Waals surface area contributed by atoms with Gasteiger partial charge in [0.15, 0.2) is 10.9 Å². The molecule has 0 amide bonds. The van der Waals surface area contributed by atoms with Gasteiger partial charge in [-0.1, -0.05) is 29.8 Å². The average Bonchev–Trinajstić information content (AvgIpc) is 3.09. The van der Waals surface area contributed by atoms with E-state index in [1.807, 2.05) is 23.0 Å². The van der Waals surface area contributed by atoms with E-state index < -0.39 is 0 Å². The molecule has 1 heterocycles. The van der Waals surface area contributed by atoms with Crippen LogP contribution in [0.1, 0.15) is 28.4 Å². The van der Waals surface area contributed by atoms with E-state index in [4.69, 9.17) is 17.0 Å². The number of nitrogens with one attached hydrogen (secondary N) is 2. The van der Waals surface area contributed by atoms with Crippen molar-refractivity contribution in [3.05, 3.63) is 77.5 Å². The molecular weight excluding hydrogens is 372 g/mol. The smallest absolute Gasteiger partial charge is 0.338 e. The number of hydrogen-bond donors (Lipinski definition) is 2. The largest absolute Gasteiger partial charge is 0.462 e. The molecule has 0 atom stereocenters. The fourth-order valence-corrected chi connectivity index (χ4v) is 2.92. The third-order valence-corrected chi connectivity index (χ3v) is 4.17. The molecule has 28 heavy (non-hydrogen) atoms. The van der Waals surface area contributed by atoms with Crippen LogP contribution in [-0.2, 0) is 11.3 Å². The molecule has 0 aliphatic heterocycles. The van der Waals surface area contributed by atoms with E-state index in [9.17, 15) is 4.79 Å². The molecule has 0 fully saturated rings. The lowest BCUT2D eigenvalue weighted by Crippen LogP contribution is -2.19. The Kier molecular flexibility index (Phi) is 6.39. The molecule has 144 valence electrons. The lowest BCUT2D eigenvalue weighted by molar-refractivity contribution is 0.0526. The third kappa shape index (κ3) is 5.40. The molecule has 2 N–H and O–H groups in total. The van der Waals surface area contributed by atoms with Crippen molar-refractivity contribution in [2.75, 3.05) is 17.2 Å². The van der Waals surface area contributed by atoms with Crippen LogP contribution < -0.4 is 10.6 Å². The van der Waals surface area contributed by atoms with E-state index in [1.165, 1.54) is 11.1 Å². The molecule has 6 nitrogen and oxygen atoms in total. The normalized spacial score (nSPS) is 10.4. The summed E-state index contributed by atoms with van der Waals surface area (Å²) >= 11 is 5.34. The van der Waals surface area contributed by atoms with Crippen LogP contribution in [0.5, 0.6) is 0 Å². The number of rotatable bonds is 6. The van der Waals surface area contributed by atoms with Crippen molar-refractivity contribution in [1.82, 2.24) is 9.78 Å². The topological polar surface area (TPSA) is 68.2 Å². The average molecular weight is 395 g/mol. The summed E-state index contributed by atoms with van der Waals surface area (Å²) < 4.78 is 6.83. The second-order valence-corrected chi connectivity index (χ2v) is 6.67. The fourth-order valence-electron chi connectivity index (χ4n) is 2.70. The van der Waals surface area contributed by atoms with Crippen LogP contribution >= 0.6 is 12.2 Å². The number of aromatic nitrogens is 2. The number of anilines is 2. The molecule has 0 radical (unpaired) electrons. The number of aryl methyl sites for hydroxylation is 1. The van der Waals surface area contributed by atoms with Gasteiger partial charge in [-0.3, -0.25) is 4.68 Å². The molecule has 0 aliphatic rings. The van der Waals surface area contributed by atoms with Crippen LogP contribution in [0.15, 0.2) is 60.8 Å². The maximum Gasteiger partial charge on any atom is 0.338 e. The number of nitrogens with zero attached hydrogens (tertiary/aromatic N) is 2. The number of benzene rings is 2. The Morgan fingerprint density at radius 3 is 2.64 bits per heavy atom. The zero-order chi connectivity index (χ0) is 19.9. The summed E-state index contributed by atoms with van der Waals surface area (Å²) in [6.07, 6.45) is 1.90. The number of ether oxygens (including phenoxy) is 1. The maximum absolute atomic E-state index is 11.7. The Balaban J connectivity index is 1.55. The zero-order valence-corrected chi connectivity index (χ0v) is 16.6. The lowest BCUT2D eigenvalue weighted by Gasteiger charge is -2.09. The summed E-state index contributed by atoms with van der Waals surface area (Å²) in [5, 5.41) is 11.0. The second kappa shape index (κ2) is 9.14. The van der Waals surface area contributed by atoms with E-state index in [1.54, 1.807) is 31.2 Å². The molecule has 3 rings (SSSR count). The molecule has 0 saturated carbocycles. The van der Waals surface area contributed by atoms with Crippen LogP contribution in [0.3, 0.4) is 0 Å². The van der Waals surface area contributed by atoms with Crippen LogP contribution in [0.4, 0.5) is 11.5 Å². The molecule has 0 unspecified atom stereocenters. The van der Waals surface area contributed by atoms with Crippen molar-refractivity contribution in [2.24, 2.45) is 0 Å².